The molecule has 0 aromatic rings. The maximum atomic E-state index is 5.79. The van der Waals surface area contributed by atoms with Crippen LogP contribution in [0.2, 0.25) is 0 Å². The Morgan fingerprint density at radius 3 is 2.40 bits per heavy atom. The molecule has 1 nitrogen and oxygen atoms in total. The van der Waals surface area contributed by atoms with Gasteiger partial charge in [-0.1, -0.05) is 12.2 Å². The Hall–Kier alpha value is -0.300. The highest BCUT2D eigenvalue weighted by atomic mass is 14.7. The molecular weight excluding hydrogens is 122 g/mol. The van der Waals surface area contributed by atoms with Crippen LogP contribution in [0.5, 0.6) is 0 Å². The van der Waals surface area contributed by atoms with Gasteiger partial charge in [0.2, 0.25) is 0 Å². The molecular formula is C9H15N. The first kappa shape index (κ1) is 6.41. The highest BCUT2D eigenvalue weighted by molar-refractivity contribution is 5.13. The molecule has 0 saturated heterocycles. The summed E-state index contributed by atoms with van der Waals surface area (Å²) in [6.45, 7) is 2.11. The van der Waals surface area contributed by atoms with Gasteiger partial charge in [-0.25, -0.2) is 0 Å². The average molecular weight is 137 g/mol. The third-order valence-electron chi connectivity index (χ3n) is 2.96. The van der Waals surface area contributed by atoms with E-state index in [9.17, 15) is 0 Å². The second-order valence-corrected chi connectivity index (χ2v) is 3.66. The van der Waals surface area contributed by atoms with Crippen molar-refractivity contribution in [3.8, 4) is 0 Å². The van der Waals surface area contributed by atoms with E-state index in [4.69, 9.17) is 5.73 Å². The highest BCUT2D eigenvalue weighted by Crippen LogP contribution is 2.57. The Morgan fingerprint density at radius 2 is 1.90 bits per heavy atom. The summed E-state index contributed by atoms with van der Waals surface area (Å²) in [7, 11) is 0. The van der Waals surface area contributed by atoms with E-state index < -0.39 is 0 Å². The second-order valence-electron chi connectivity index (χ2n) is 3.66. The average Bonchev–Trinajstić information content (AvgIpc) is 2.43. The summed E-state index contributed by atoms with van der Waals surface area (Å²) in [6, 6.07) is 0.525. The lowest BCUT2D eigenvalue weighted by Crippen LogP contribution is -2.17. The fourth-order valence-corrected chi connectivity index (χ4v) is 2.44. The van der Waals surface area contributed by atoms with Crippen LogP contribution in [0, 0.1) is 17.8 Å². The summed E-state index contributed by atoms with van der Waals surface area (Å²) in [5, 5.41) is 0. The van der Waals surface area contributed by atoms with Gasteiger partial charge in [-0.2, -0.15) is 0 Å². The lowest BCUT2D eigenvalue weighted by Gasteiger charge is -2.04. The quantitative estimate of drug-likeness (QED) is 0.545. The molecule has 0 amide bonds. The maximum absolute atomic E-state index is 5.79. The Kier molecular flexibility index (Phi) is 1.34. The molecule has 2 saturated carbocycles. The first-order valence-electron chi connectivity index (χ1n) is 4.21. The predicted molar refractivity (Wildman–Crippen MR) is 42.5 cm³/mol. The molecule has 56 valence electrons. The molecule has 2 aliphatic carbocycles. The minimum Gasteiger partial charge on any atom is -0.328 e. The smallest absolute Gasteiger partial charge is 0.00447 e. The van der Waals surface area contributed by atoms with Gasteiger partial charge in [0.05, 0.1) is 0 Å². The number of allylic oxidation sites excluding steroid dienone is 2. The highest BCUT2D eigenvalue weighted by Gasteiger charge is 2.53. The number of rotatable bonds is 1. The summed E-state index contributed by atoms with van der Waals surface area (Å²) in [6.07, 6.45) is 7.08. The largest absolute Gasteiger partial charge is 0.328 e. The van der Waals surface area contributed by atoms with Gasteiger partial charge in [0.1, 0.15) is 0 Å². The van der Waals surface area contributed by atoms with Crippen molar-refractivity contribution in [2.75, 3.05) is 0 Å². The fraction of sp³-hybridized carbons (Fsp3) is 0.778. The van der Waals surface area contributed by atoms with Crippen LogP contribution < -0.4 is 5.73 Å². The summed E-state index contributed by atoms with van der Waals surface area (Å²) in [5.74, 6) is 2.84. The maximum Gasteiger partial charge on any atom is 0.00447 e. The van der Waals surface area contributed by atoms with Gasteiger partial charge < -0.3 is 5.73 Å². The normalized spacial score (nSPS) is 51.8. The van der Waals surface area contributed by atoms with Crippen molar-refractivity contribution >= 4 is 0 Å². The third kappa shape index (κ3) is 0.807. The molecule has 0 aromatic carbocycles. The van der Waals surface area contributed by atoms with Gasteiger partial charge >= 0.3 is 0 Å². The monoisotopic (exact) mass is 137 g/mol. The van der Waals surface area contributed by atoms with Gasteiger partial charge in [-0.15, -0.1) is 0 Å². The van der Waals surface area contributed by atoms with Crippen molar-refractivity contribution in [3.05, 3.63) is 12.2 Å². The van der Waals surface area contributed by atoms with Gasteiger partial charge in [0.25, 0.3) is 0 Å². The van der Waals surface area contributed by atoms with Crippen molar-refractivity contribution in [2.45, 2.75) is 25.8 Å². The number of hydrogen-bond donors (Lipinski definition) is 1. The van der Waals surface area contributed by atoms with Crippen molar-refractivity contribution < 1.29 is 0 Å². The summed E-state index contributed by atoms with van der Waals surface area (Å²) in [5.41, 5.74) is 5.79. The van der Waals surface area contributed by atoms with Crippen LogP contribution in [0.15, 0.2) is 12.2 Å². The van der Waals surface area contributed by atoms with E-state index in [1.807, 2.05) is 0 Å². The number of nitrogens with two attached hydrogens (primary N) is 1. The van der Waals surface area contributed by atoms with Crippen LogP contribution >= 0.6 is 0 Å². The van der Waals surface area contributed by atoms with Gasteiger partial charge in [0, 0.05) is 6.04 Å². The predicted octanol–water partition coefficient (Wildman–Crippen LogP) is 1.55. The zero-order valence-electron chi connectivity index (χ0n) is 6.46. The van der Waals surface area contributed by atoms with E-state index in [1.54, 1.807) is 0 Å². The first-order valence-corrected chi connectivity index (χ1v) is 4.21. The van der Waals surface area contributed by atoms with Crippen LogP contribution in [0.1, 0.15) is 19.8 Å². The van der Waals surface area contributed by atoms with E-state index in [1.165, 1.54) is 12.8 Å². The minimum atomic E-state index is 0.525. The Morgan fingerprint density at radius 1 is 1.30 bits per heavy atom. The molecule has 0 spiro atoms. The topological polar surface area (TPSA) is 26.0 Å². The second kappa shape index (κ2) is 2.09. The molecule has 10 heavy (non-hydrogen) atoms. The molecule has 4 atom stereocenters. The molecule has 0 aromatic heterocycles. The molecule has 0 aliphatic heterocycles. The van der Waals surface area contributed by atoms with Crippen molar-refractivity contribution in [1.82, 2.24) is 0 Å². The molecule has 2 aliphatic rings. The molecule has 2 N–H and O–H groups in total. The summed E-state index contributed by atoms with van der Waals surface area (Å²) >= 11 is 0. The van der Waals surface area contributed by atoms with Crippen LogP contribution in [0.25, 0.3) is 0 Å². The Bertz CT molecular complexity index is 150. The van der Waals surface area contributed by atoms with Crippen molar-refractivity contribution in [1.29, 1.82) is 0 Å². The van der Waals surface area contributed by atoms with Gasteiger partial charge in [0.15, 0.2) is 0 Å². The zero-order valence-corrected chi connectivity index (χ0v) is 6.46. The molecule has 2 fully saturated rings. The van der Waals surface area contributed by atoms with E-state index in [-0.39, 0.29) is 0 Å². The molecule has 0 radical (unpaired) electrons. The first-order chi connectivity index (χ1) is 4.83. The molecule has 2 rings (SSSR count). The standard InChI is InChI=1S/C9H15N/c1-2-3-7-8-4-6(10)5-9(7)8/h2-3,6-9H,4-5,10H2,1H3/t6?,7?,8-,9+. The van der Waals surface area contributed by atoms with Crippen LogP contribution in [0.3, 0.4) is 0 Å². The molecule has 0 bridgehead atoms. The Labute approximate surface area is 62.3 Å². The summed E-state index contributed by atoms with van der Waals surface area (Å²) < 4.78 is 0. The molecule has 2 unspecified atom stereocenters. The van der Waals surface area contributed by atoms with E-state index in [2.05, 4.69) is 19.1 Å². The van der Waals surface area contributed by atoms with Crippen molar-refractivity contribution in [2.24, 2.45) is 23.5 Å². The van der Waals surface area contributed by atoms with Crippen LogP contribution in [0.4, 0.5) is 0 Å². The Balaban J connectivity index is 1.92. The third-order valence-corrected chi connectivity index (χ3v) is 2.96. The van der Waals surface area contributed by atoms with Crippen LogP contribution in [-0.2, 0) is 0 Å². The lowest BCUT2D eigenvalue weighted by molar-refractivity contribution is 0.573. The number of hydrogen-bond acceptors (Lipinski definition) is 1. The number of fused-ring (bicyclic) bond motifs is 1. The van der Waals surface area contributed by atoms with E-state index in [0.29, 0.717) is 6.04 Å². The van der Waals surface area contributed by atoms with Gasteiger partial charge in [-0.05, 0) is 37.5 Å². The SMILES string of the molecule is CC=CC1[C@H]2CC(N)C[C@@H]12. The fourth-order valence-electron chi connectivity index (χ4n) is 2.44. The van der Waals surface area contributed by atoms with Gasteiger partial charge in [-0.3, -0.25) is 0 Å². The summed E-state index contributed by atoms with van der Waals surface area (Å²) in [4.78, 5) is 0. The molecule has 1 heteroatoms. The van der Waals surface area contributed by atoms with E-state index in [0.717, 1.165) is 17.8 Å². The minimum absolute atomic E-state index is 0.525. The lowest BCUT2D eigenvalue weighted by atomic mass is 10.1. The van der Waals surface area contributed by atoms with Crippen LogP contribution in [-0.4, -0.2) is 6.04 Å². The van der Waals surface area contributed by atoms with Crippen molar-refractivity contribution in [3.63, 3.8) is 0 Å². The zero-order chi connectivity index (χ0) is 7.14. The van der Waals surface area contributed by atoms with E-state index >= 15 is 0 Å². The molecule has 0 heterocycles.